The highest BCUT2D eigenvalue weighted by molar-refractivity contribution is 5.16. The molecule has 34 heavy (non-hydrogen) atoms. The fourth-order valence-corrected chi connectivity index (χ4v) is 3.73. The van der Waals surface area contributed by atoms with Crippen LogP contribution in [0.2, 0.25) is 0 Å². The van der Waals surface area contributed by atoms with E-state index in [4.69, 9.17) is 14.2 Å². The molecule has 4 rings (SSSR count). The Bertz CT molecular complexity index is 1060. The lowest BCUT2D eigenvalue weighted by molar-refractivity contribution is -0.164. The van der Waals surface area contributed by atoms with Crippen LogP contribution in [0.15, 0.2) is 104 Å². The smallest absolute Gasteiger partial charge is 0.128 e. The van der Waals surface area contributed by atoms with E-state index < -0.39 is 18.3 Å². The van der Waals surface area contributed by atoms with Crippen LogP contribution in [-0.4, -0.2) is 33.9 Å². The molecule has 2 N–H and O–H groups in total. The van der Waals surface area contributed by atoms with E-state index in [-0.39, 0.29) is 6.61 Å². The lowest BCUT2D eigenvalue weighted by Gasteiger charge is -2.32. The largest absolute Gasteiger partial charge is 0.394 e. The number of hydrogen-bond acceptors (Lipinski definition) is 5. The van der Waals surface area contributed by atoms with Gasteiger partial charge in [0.15, 0.2) is 0 Å². The summed E-state index contributed by atoms with van der Waals surface area (Å²) in [5, 5.41) is 10.3. The maximum atomic E-state index is 10.3. The molecule has 0 unspecified atom stereocenters. The molecular weight excluding hydrogens is 428 g/mol. The number of H-pyrrole nitrogens is 1. The topological polar surface area (TPSA) is 76.6 Å². The van der Waals surface area contributed by atoms with Crippen molar-refractivity contribution in [1.82, 2.24) is 9.97 Å². The third-order valence-corrected chi connectivity index (χ3v) is 5.54. The van der Waals surface area contributed by atoms with E-state index in [1.165, 1.54) is 0 Å². The summed E-state index contributed by atoms with van der Waals surface area (Å²) in [7, 11) is 0. The van der Waals surface area contributed by atoms with Gasteiger partial charge in [-0.2, -0.15) is 0 Å². The average molecular weight is 459 g/mol. The maximum Gasteiger partial charge on any atom is 0.128 e. The predicted molar refractivity (Wildman–Crippen MR) is 130 cm³/mol. The molecule has 0 fully saturated rings. The molecule has 0 spiro atoms. The molecule has 3 atom stereocenters. The van der Waals surface area contributed by atoms with E-state index in [2.05, 4.69) is 9.97 Å². The number of aromatic nitrogens is 2. The van der Waals surface area contributed by atoms with E-state index in [9.17, 15) is 5.11 Å². The van der Waals surface area contributed by atoms with Crippen LogP contribution in [0.5, 0.6) is 0 Å². The van der Waals surface area contributed by atoms with Crippen LogP contribution in [0.1, 0.15) is 28.5 Å². The minimum atomic E-state index is -0.618. The number of rotatable bonds is 13. The molecule has 4 aromatic rings. The van der Waals surface area contributed by atoms with Crippen molar-refractivity contribution < 1.29 is 19.3 Å². The molecule has 6 heteroatoms. The number of benzene rings is 3. The molecule has 0 aliphatic rings. The molecular formula is C28H30N2O4. The third-order valence-electron chi connectivity index (χ3n) is 5.54. The van der Waals surface area contributed by atoms with Crippen molar-refractivity contribution in [3.63, 3.8) is 0 Å². The van der Waals surface area contributed by atoms with Crippen LogP contribution in [-0.2, 0) is 34.0 Å². The summed E-state index contributed by atoms with van der Waals surface area (Å²) in [4.78, 5) is 7.33. The van der Waals surface area contributed by atoms with Crippen molar-refractivity contribution in [3.05, 3.63) is 126 Å². The van der Waals surface area contributed by atoms with Crippen molar-refractivity contribution >= 4 is 0 Å². The van der Waals surface area contributed by atoms with Crippen molar-refractivity contribution in [1.29, 1.82) is 0 Å². The van der Waals surface area contributed by atoms with Gasteiger partial charge in [-0.05, 0) is 16.7 Å². The molecule has 1 heterocycles. The van der Waals surface area contributed by atoms with Crippen LogP contribution >= 0.6 is 0 Å². The van der Waals surface area contributed by atoms with Crippen LogP contribution < -0.4 is 0 Å². The van der Waals surface area contributed by atoms with Gasteiger partial charge in [0, 0.05) is 0 Å². The molecule has 6 nitrogen and oxygen atoms in total. The van der Waals surface area contributed by atoms with Gasteiger partial charge >= 0.3 is 0 Å². The summed E-state index contributed by atoms with van der Waals surface area (Å²) >= 11 is 0. The first-order valence-corrected chi connectivity index (χ1v) is 11.4. The second-order valence-electron chi connectivity index (χ2n) is 8.00. The number of nitrogens with zero attached hydrogens (tertiary/aromatic N) is 1. The number of aliphatic hydroxyl groups excluding tert-OH is 1. The molecule has 0 bridgehead atoms. The van der Waals surface area contributed by atoms with Crippen LogP contribution in [0.25, 0.3) is 0 Å². The molecule has 1 aromatic heterocycles. The molecule has 0 aliphatic heterocycles. The fourth-order valence-electron chi connectivity index (χ4n) is 3.73. The van der Waals surface area contributed by atoms with Gasteiger partial charge in [-0.1, -0.05) is 91.0 Å². The molecule has 176 valence electrons. The van der Waals surface area contributed by atoms with Crippen molar-refractivity contribution in [2.45, 2.75) is 38.1 Å². The van der Waals surface area contributed by atoms with Gasteiger partial charge in [0.05, 0.1) is 44.6 Å². The summed E-state index contributed by atoms with van der Waals surface area (Å²) in [6, 6.07) is 29.8. The SMILES string of the molecule is OC[C@@H](OCc1ccccc1)[C@@H](OCc1ccccc1)[C@H](OCc1ccccc1)c1cnc[nH]1. The second kappa shape index (κ2) is 12.8. The van der Waals surface area contributed by atoms with Crippen LogP contribution in [0.3, 0.4) is 0 Å². The highest BCUT2D eigenvalue weighted by Gasteiger charge is 2.34. The number of aliphatic hydroxyl groups is 1. The second-order valence-corrected chi connectivity index (χ2v) is 8.00. The molecule has 0 amide bonds. The van der Waals surface area contributed by atoms with Crippen molar-refractivity contribution in [2.75, 3.05) is 6.61 Å². The van der Waals surface area contributed by atoms with E-state index >= 15 is 0 Å². The van der Waals surface area contributed by atoms with E-state index in [0.717, 1.165) is 22.4 Å². The number of hydrogen-bond donors (Lipinski definition) is 2. The molecule has 0 aliphatic carbocycles. The molecule has 0 radical (unpaired) electrons. The van der Waals surface area contributed by atoms with Gasteiger partial charge < -0.3 is 24.3 Å². The monoisotopic (exact) mass is 458 g/mol. The quantitative estimate of drug-likeness (QED) is 0.300. The lowest BCUT2D eigenvalue weighted by Crippen LogP contribution is -2.40. The van der Waals surface area contributed by atoms with Crippen molar-refractivity contribution in [3.8, 4) is 0 Å². The van der Waals surface area contributed by atoms with Gasteiger partial charge in [0.2, 0.25) is 0 Å². The standard InChI is InChI=1S/C28H30N2O4/c31-17-26(32-18-22-10-4-1-5-11-22)28(34-20-24-14-8-3-9-15-24)27(25-16-29-21-30-25)33-19-23-12-6-2-7-13-23/h1-16,21,26-28,31H,17-20H2,(H,29,30)/t26-,27-,28-/m1/s1. The summed E-state index contributed by atoms with van der Waals surface area (Å²) < 4.78 is 18.9. The third kappa shape index (κ3) is 6.85. The number of nitrogens with one attached hydrogen (secondary N) is 1. The Labute approximate surface area is 200 Å². The minimum absolute atomic E-state index is 0.217. The highest BCUT2D eigenvalue weighted by Crippen LogP contribution is 2.28. The van der Waals surface area contributed by atoms with Gasteiger partial charge in [0.25, 0.3) is 0 Å². The Kier molecular flexibility index (Phi) is 8.99. The van der Waals surface area contributed by atoms with Crippen LogP contribution in [0.4, 0.5) is 0 Å². The Morgan fingerprint density at radius 2 is 1.18 bits per heavy atom. The number of aromatic amines is 1. The zero-order chi connectivity index (χ0) is 23.4. The zero-order valence-electron chi connectivity index (χ0n) is 19.0. The van der Waals surface area contributed by atoms with E-state index in [0.29, 0.717) is 19.8 Å². The Balaban J connectivity index is 1.56. The lowest BCUT2D eigenvalue weighted by atomic mass is 10.0. The maximum absolute atomic E-state index is 10.3. The molecule has 3 aromatic carbocycles. The van der Waals surface area contributed by atoms with Gasteiger partial charge in [-0.3, -0.25) is 0 Å². The highest BCUT2D eigenvalue weighted by atomic mass is 16.6. The Morgan fingerprint density at radius 3 is 1.65 bits per heavy atom. The first-order valence-electron chi connectivity index (χ1n) is 11.4. The van der Waals surface area contributed by atoms with Gasteiger partial charge in [-0.25, -0.2) is 4.98 Å². The number of ether oxygens (including phenoxy) is 3. The first-order chi connectivity index (χ1) is 16.8. The minimum Gasteiger partial charge on any atom is -0.394 e. The van der Waals surface area contributed by atoms with Crippen LogP contribution in [0, 0.1) is 0 Å². The number of imidazole rings is 1. The zero-order valence-corrected chi connectivity index (χ0v) is 19.0. The summed E-state index contributed by atoms with van der Waals surface area (Å²) in [6.07, 6.45) is 1.60. The molecule has 0 saturated carbocycles. The van der Waals surface area contributed by atoms with Gasteiger partial charge in [0.1, 0.15) is 18.3 Å². The Hall–Kier alpha value is -3.29. The first kappa shape index (κ1) is 23.9. The Morgan fingerprint density at radius 1 is 0.676 bits per heavy atom. The van der Waals surface area contributed by atoms with Gasteiger partial charge in [-0.15, -0.1) is 0 Å². The fraction of sp³-hybridized carbons (Fsp3) is 0.250. The molecule has 0 saturated heterocycles. The summed E-state index contributed by atoms with van der Waals surface area (Å²) in [5.41, 5.74) is 3.85. The van der Waals surface area contributed by atoms with Crippen molar-refractivity contribution in [2.24, 2.45) is 0 Å². The average Bonchev–Trinajstić information content (AvgIpc) is 3.44. The summed E-state index contributed by atoms with van der Waals surface area (Å²) in [6.45, 7) is 0.875. The normalized spacial score (nSPS) is 13.9. The van der Waals surface area contributed by atoms with E-state index in [1.807, 2.05) is 91.0 Å². The predicted octanol–water partition coefficient (Wildman–Crippen LogP) is 4.83. The summed E-state index contributed by atoms with van der Waals surface area (Å²) in [5.74, 6) is 0. The van der Waals surface area contributed by atoms with E-state index in [1.54, 1.807) is 12.5 Å².